The number of nitrogens with zero attached hydrogens (tertiary/aromatic N) is 1. The van der Waals surface area contributed by atoms with Gasteiger partial charge in [0, 0.05) is 5.38 Å². The molecular formula is C11H15N3S2. The second kappa shape index (κ2) is 5.54. The van der Waals surface area contributed by atoms with Crippen molar-refractivity contribution >= 4 is 22.7 Å². The molecule has 0 aromatic carbocycles. The smallest absolute Gasteiger partial charge is 0.0898 e. The van der Waals surface area contributed by atoms with E-state index < -0.39 is 0 Å². The van der Waals surface area contributed by atoms with Crippen molar-refractivity contribution in [2.45, 2.75) is 25.8 Å². The molecule has 2 aromatic heterocycles. The number of hydrazine groups is 1. The Hall–Kier alpha value is -0.750. The van der Waals surface area contributed by atoms with Crippen LogP contribution < -0.4 is 11.3 Å². The van der Waals surface area contributed by atoms with Crippen molar-refractivity contribution in [1.29, 1.82) is 0 Å². The molecule has 3 nitrogen and oxygen atoms in total. The molecule has 5 heteroatoms. The van der Waals surface area contributed by atoms with Crippen LogP contribution in [0.2, 0.25) is 0 Å². The van der Waals surface area contributed by atoms with Crippen LogP contribution in [-0.4, -0.2) is 4.98 Å². The lowest BCUT2D eigenvalue weighted by molar-refractivity contribution is 0.506. The number of thiazole rings is 1. The van der Waals surface area contributed by atoms with Crippen LogP contribution in [0.3, 0.4) is 0 Å². The summed E-state index contributed by atoms with van der Waals surface area (Å²) in [4.78, 5) is 4.46. The Morgan fingerprint density at radius 1 is 1.50 bits per heavy atom. The standard InChI is InChI=1S/C11H15N3S2/c1-8-13-11(7-16-8)10(14-12)3-2-9-4-5-15-6-9/h4-7,10,14H,2-3,12H2,1H3. The van der Waals surface area contributed by atoms with Crippen LogP contribution in [0, 0.1) is 6.92 Å². The molecule has 0 aliphatic heterocycles. The minimum atomic E-state index is 0.157. The van der Waals surface area contributed by atoms with Crippen molar-refractivity contribution in [3.05, 3.63) is 38.5 Å². The van der Waals surface area contributed by atoms with Gasteiger partial charge >= 0.3 is 0 Å². The summed E-state index contributed by atoms with van der Waals surface area (Å²) in [5, 5.41) is 7.45. The number of thiophene rings is 1. The molecule has 2 heterocycles. The maximum Gasteiger partial charge on any atom is 0.0898 e. The molecule has 0 aliphatic rings. The summed E-state index contributed by atoms with van der Waals surface area (Å²) in [6.45, 7) is 2.01. The second-order valence-corrected chi connectivity index (χ2v) is 5.52. The number of aryl methyl sites for hydroxylation is 2. The molecular weight excluding hydrogens is 238 g/mol. The fraction of sp³-hybridized carbons (Fsp3) is 0.364. The Labute approximate surface area is 103 Å². The van der Waals surface area contributed by atoms with E-state index in [0.29, 0.717) is 0 Å². The van der Waals surface area contributed by atoms with Gasteiger partial charge in [-0.3, -0.25) is 11.3 Å². The normalized spacial score (nSPS) is 12.9. The Balaban J connectivity index is 1.96. The van der Waals surface area contributed by atoms with E-state index in [1.165, 1.54) is 5.56 Å². The molecule has 0 saturated carbocycles. The summed E-state index contributed by atoms with van der Waals surface area (Å²) in [5.41, 5.74) is 5.27. The largest absolute Gasteiger partial charge is 0.271 e. The molecule has 0 spiro atoms. The van der Waals surface area contributed by atoms with E-state index in [1.54, 1.807) is 22.7 Å². The van der Waals surface area contributed by atoms with Crippen LogP contribution in [-0.2, 0) is 6.42 Å². The minimum absolute atomic E-state index is 0.157. The monoisotopic (exact) mass is 253 g/mol. The molecule has 0 bridgehead atoms. The Morgan fingerprint density at radius 3 is 2.94 bits per heavy atom. The molecule has 2 rings (SSSR count). The number of nitrogens with one attached hydrogen (secondary N) is 1. The first-order chi connectivity index (χ1) is 7.79. The van der Waals surface area contributed by atoms with Crippen molar-refractivity contribution in [1.82, 2.24) is 10.4 Å². The predicted molar refractivity (Wildman–Crippen MR) is 69.6 cm³/mol. The molecule has 1 atom stereocenters. The van der Waals surface area contributed by atoms with E-state index >= 15 is 0 Å². The average molecular weight is 253 g/mol. The van der Waals surface area contributed by atoms with Gasteiger partial charge in [-0.1, -0.05) is 0 Å². The molecule has 0 amide bonds. The molecule has 0 aliphatic carbocycles. The highest BCUT2D eigenvalue weighted by atomic mass is 32.1. The quantitative estimate of drug-likeness (QED) is 0.636. The summed E-state index contributed by atoms with van der Waals surface area (Å²) in [6.07, 6.45) is 2.02. The topological polar surface area (TPSA) is 50.9 Å². The lowest BCUT2D eigenvalue weighted by atomic mass is 10.1. The van der Waals surface area contributed by atoms with Crippen LogP contribution in [0.25, 0.3) is 0 Å². The number of aromatic nitrogens is 1. The third-order valence-corrected chi connectivity index (χ3v) is 4.02. The van der Waals surface area contributed by atoms with Crippen LogP contribution >= 0.6 is 22.7 Å². The lowest BCUT2D eigenvalue weighted by Gasteiger charge is -2.12. The molecule has 0 radical (unpaired) electrons. The summed E-state index contributed by atoms with van der Waals surface area (Å²) < 4.78 is 0. The zero-order valence-corrected chi connectivity index (χ0v) is 10.8. The number of rotatable bonds is 5. The van der Waals surface area contributed by atoms with Gasteiger partial charge in [-0.05, 0) is 42.2 Å². The van der Waals surface area contributed by atoms with E-state index in [4.69, 9.17) is 5.84 Å². The van der Waals surface area contributed by atoms with Crippen molar-refractivity contribution in [2.75, 3.05) is 0 Å². The highest BCUT2D eigenvalue weighted by Gasteiger charge is 2.12. The van der Waals surface area contributed by atoms with Crippen molar-refractivity contribution < 1.29 is 0 Å². The van der Waals surface area contributed by atoms with Gasteiger partial charge in [-0.2, -0.15) is 11.3 Å². The maximum absolute atomic E-state index is 5.57. The number of hydrogen-bond donors (Lipinski definition) is 2. The third kappa shape index (κ3) is 2.89. The highest BCUT2D eigenvalue weighted by molar-refractivity contribution is 7.09. The van der Waals surface area contributed by atoms with Gasteiger partial charge in [0.25, 0.3) is 0 Å². The van der Waals surface area contributed by atoms with Gasteiger partial charge < -0.3 is 0 Å². The first kappa shape index (κ1) is 11.7. The summed E-state index contributed by atoms with van der Waals surface area (Å²) >= 11 is 3.40. The SMILES string of the molecule is Cc1nc(C(CCc2ccsc2)NN)cs1. The van der Waals surface area contributed by atoms with Gasteiger partial charge in [-0.25, -0.2) is 4.98 Å². The Bertz CT molecular complexity index is 422. The summed E-state index contributed by atoms with van der Waals surface area (Å²) in [5.74, 6) is 5.57. The Morgan fingerprint density at radius 2 is 2.38 bits per heavy atom. The van der Waals surface area contributed by atoms with Crippen LogP contribution in [0.5, 0.6) is 0 Å². The van der Waals surface area contributed by atoms with Crippen LogP contribution in [0.1, 0.15) is 28.7 Å². The van der Waals surface area contributed by atoms with E-state index in [1.807, 2.05) is 6.92 Å². The van der Waals surface area contributed by atoms with E-state index in [-0.39, 0.29) is 6.04 Å². The zero-order chi connectivity index (χ0) is 11.4. The predicted octanol–water partition coefficient (Wildman–Crippen LogP) is 2.65. The van der Waals surface area contributed by atoms with E-state index in [0.717, 1.165) is 23.5 Å². The molecule has 0 fully saturated rings. The summed E-state index contributed by atoms with van der Waals surface area (Å²) in [7, 11) is 0. The number of hydrogen-bond acceptors (Lipinski definition) is 5. The zero-order valence-electron chi connectivity index (χ0n) is 9.14. The second-order valence-electron chi connectivity index (χ2n) is 3.68. The molecule has 3 N–H and O–H groups in total. The minimum Gasteiger partial charge on any atom is -0.271 e. The van der Waals surface area contributed by atoms with Gasteiger partial charge in [0.1, 0.15) is 0 Å². The molecule has 86 valence electrons. The lowest BCUT2D eigenvalue weighted by Crippen LogP contribution is -2.28. The van der Waals surface area contributed by atoms with Crippen molar-refractivity contribution in [3.63, 3.8) is 0 Å². The van der Waals surface area contributed by atoms with Gasteiger partial charge in [-0.15, -0.1) is 11.3 Å². The maximum atomic E-state index is 5.57. The molecule has 16 heavy (non-hydrogen) atoms. The van der Waals surface area contributed by atoms with Crippen molar-refractivity contribution in [2.24, 2.45) is 5.84 Å². The molecule has 2 aromatic rings. The first-order valence-corrected chi connectivity index (χ1v) is 7.01. The van der Waals surface area contributed by atoms with Crippen molar-refractivity contribution in [3.8, 4) is 0 Å². The average Bonchev–Trinajstić information content (AvgIpc) is 2.91. The Kier molecular flexibility index (Phi) is 4.06. The molecule has 0 saturated heterocycles. The van der Waals surface area contributed by atoms with Gasteiger partial charge in [0.2, 0.25) is 0 Å². The van der Waals surface area contributed by atoms with Crippen LogP contribution in [0.15, 0.2) is 22.2 Å². The number of nitrogens with two attached hydrogens (primary N) is 1. The van der Waals surface area contributed by atoms with Crippen LogP contribution in [0.4, 0.5) is 0 Å². The van der Waals surface area contributed by atoms with E-state index in [2.05, 4.69) is 32.6 Å². The van der Waals surface area contributed by atoms with Gasteiger partial charge in [0.15, 0.2) is 0 Å². The van der Waals surface area contributed by atoms with Gasteiger partial charge in [0.05, 0.1) is 16.7 Å². The first-order valence-electron chi connectivity index (χ1n) is 5.19. The van der Waals surface area contributed by atoms with E-state index in [9.17, 15) is 0 Å². The third-order valence-electron chi connectivity index (χ3n) is 2.50. The fourth-order valence-corrected chi connectivity index (χ4v) is 2.97. The fourth-order valence-electron chi connectivity index (χ4n) is 1.60. The molecule has 1 unspecified atom stereocenters. The highest BCUT2D eigenvalue weighted by Crippen LogP contribution is 2.21. The summed E-state index contributed by atoms with van der Waals surface area (Å²) in [6, 6.07) is 2.31.